The highest BCUT2D eigenvalue weighted by Crippen LogP contribution is 2.38. The molecule has 2 N–H and O–H groups in total. The van der Waals surface area contributed by atoms with Gasteiger partial charge in [0.2, 0.25) is 0 Å². The molecule has 1 aliphatic heterocycles. The first kappa shape index (κ1) is 25.5. The van der Waals surface area contributed by atoms with E-state index >= 15 is 0 Å². The Morgan fingerprint density at radius 1 is 1.15 bits per heavy atom. The van der Waals surface area contributed by atoms with Crippen molar-refractivity contribution in [2.75, 3.05) is 13.2 Å². The number of aromatic carboxylic acids is 1. The summed E-state index contributed by atoms with van der Waals surface area (Å²) in [6.45, 7) is 4.11. The summed E-state index contributed by atoms with van der Waals surface area (Å²) >= 11 is 6.16. The van der Waals surface area contributed by atoms with E-state index in [-0.39, 0.29) is 0 Å². The number of ether oxygens (including phenoxy) is 2. The Hall–Kier alpha value is -3.81. The van der Waals surface area contributed by atoms with Crippen LogP contribution >= 0.6 is 11.6 Å². The summed E-state index contributed by atoms with van der Waals surface area (Å²) in [4.78, 5) is 12.7. The van der Waals surface area contributed by atoms with Gasteiger partial charge in [0, 0.05) is 45.8 Å². The highest BCUT2D eigenvalue weighted by molar-refractivity contribution is 6.31. The maximum absolute atomic E-state index is 12.7. The second-order valence-corrected chi connectivity index (χ2v) is 10.4. The molecule has 2 aromatic heterocycles. The van der Waals surface area contributed by atoms with Crippen LogP contribution in [0, 0.1) is 6.92 Å². The molecule has 0 unspecified atom stereocenters. The lowest BCUT2D eigenvalue weighted by atomic mass is 9.98. The molecule has 0 aliphatic carbocycles. The number of aryl methyl sites for hydroxylation is 3. The number of para-hydroxylation sites is 1. The van der Waals surface area contributed by atoms with Crippen LogP contribution in [-0.2, 0) is 24.3 Å². The molecule has 0 atom stereocenters. The number of hydrogen-bond donors (Lipinski definition) is 2. The quantitative estimate of drug-likeness (QED) is 0.222. The van der Waals surface area contributed by atoms with E-state index in [2.05, 4.69) is 16.3 Å². The van der Waals surface area contributed by atoms with Gasteiger partial charge < -0.3 is 19.1 Å². The molecule has 5 aromatic rings. The number of carboxylic acid groups (broad SMARTS) is 1. The fourth-order valence-corrected chi connectivity index (χ4v) is 5.95. The van der Waals surface area contributed by atoms with Crippen molar-refractivity contribution in [3.63, 3.8) is 0 Å². The van der Waals surface area contributed by atoms with Gasteiger partial charge in [-0.3, -0.25) is 5.10 Å². The number of H-pyrrole nitrogens is 1. The second kappa shape index (κ2) is 10.8. The van der Waals surface area contributed by atoms with Crippen molar-refractivity contribution in [1.82, 2.24) is 14.8 Å². The molecule has 39 heavy (non-hydrogen) atoms. The summed E-state index contributed by atoms with van der Waals surface area (Å²) in [5.41, 5.74) is 5.92. The van der Waals surface area contributed by atoms with E-state index in [0.717, 1.165) is 68.3 Å². The summed E-state index contributed by atoms with van der Waals surface area (Å²) in [6.07, 6.45) is 2.94. The Bertz CT molecular complexity index is 1690. The molecule has 6 rings (SSSR count). The predicted molar refractivity (Wildman–Crippen MR) is 153 cm³/mol. The van der Waals surface area contributed by atoms with E-state index in [1.807, 2.05) is 60.0 Å². The number of hydrogen-bond acceptors (Lipinski definition) is 4. The summed E-state index contributed by atoms with van der Waals surface area (Å²) in [7, 11) is 0. The average Bonchev–Trinajstić information content (AvgIpc) is 3.44. The third-order valence-electron chi connectivity index (χ3n) is 7.47. The van der Waals surface area contributed by atoms with Crippen LogP contribution in [0.3, 0.4) is 0 Å². The molecule has 7 nitrogen and oxygen atoms in total. The Morgan fingerprint density at radius 2 is 2.03 bits per heavy atom. The zero-order valence-corrected chi connectivity index (χ0v) is 22.6. The molecule has 8 heteroatoms. The molecule has 0 saturated heterocycles. The molecule has 0 saturated carbocycles. The van der Waals surface area contributed by atoms with Gasteiger partial charge in [-0.1, -0.05) is 41.9 Å². The number of carboxylic acids is 1. The standard InChI is InChI=1S/C31H30ClN3O4/c1-19-28-25-9-5-8-23-24(10-6-16-39-27-11-4-7-20-17-21(32)12-13-22(20)27)30(31(36)37)35(29(23)25)14-2-3-15-38-18-26(28)34-33-19/h4-5,7-9,11-13,17H,2-3,6,10,14-16,18H2,1H3,(H,33,34)(H,36,37). The largest absolute Gasteiger partial charge is 0.493 e. The van der Waals surface area contributed by atoms with E-state index in [1.165, 1.54) is 0 Å². The van der Waals surface area contributed by atoms with Crippen LogP contribution in [0.15, 0.2) is 54.6 Å². The Kier molecular flexibility index (Phi) is 7.02. The van der Waals surface area contributed by atoms with Gasteiger partial charge in [0.1, 0.15) is 11.4 Å². The van der Waals surface area contributed by atoms with Gasteiger partial charge in [0.05, 0.1) is 24.4 Å². The molecule has 3 aromatic carbocycles. The fraction of sp³-hybridized carbons (Fsp3) is 0.290. The molecule has 0 bridgehead atoms. The predicted octanol–water partition coefficient (Wildman–Crippen LogP) is 7.17. The molecule has 0 fully saturated rings. The smallest absolute Gasteiger partial charge is 0.352 e. The number of carbonyl (C=O) groups is 1. The first-order valence-electron chi connectivity index (χ1n) is 13.3. The minimum atomic E-state index is -0.908. The average molecular weight is 544 g/mol. The first-order chi connectivity index (χ1) is 19.0. The minimum Gasteiger partial charge on any atom is -0.493 e. The van der Waals surface area contributed by atoms with Gasteiger partial charge in [-0.25, -0.2) is 4.79 Å². The molecule has 3 heterocycles. The Balaban J connectivity index is 1.36. The lowest BCUT2D eigenvalue weighted by Crippen LogP contribution is -2.12. The van der Waals surface area contributed by atoms with Crippen molar-refractivity contribution in [1.29, 1.82) is 0 Å². The van der Waals surface area contributed by atoms with Crippen molar-refractivity contribution >= 4 is 39.2 Å². The number of benzene rings is 3. The normalized spacial score (nSPS) is 13.8. The third kappa shape index (κ3) is 4.77. The highest BCUT2D eigenvalue weighted by atomic mass is 35.5. The topological polar surface area (TPSA) is 89.4 Å². The van der Waals surface area contributed by atoms with Crippen LogP contribution in [-0.4, -0.2) is 39.1 Å². The van der Waals surface area contributed by atoms with E-state index in [0.29, 0.717) is 49.9 Å². The van der Waals surface area contributed by atoms with Crippen LogP contribution in [0.1, 0.15) is 46.7 Å². The van der Waals surface area contributed by atoms with Crippen LogP contribution in [0.2, 0.25) is 5.02 Å². The number of aromatic amines is 1. The molecule has 200 valence electrons. The van der Waals surface area contributed by atoms with E-state index < -0.39 is 5.97 Å². The van der Waals surface area contributed by atoms with E-state index in [4.69, 9.17) is 21.1 Å². The van der Waals surface area contributed by atoms with Gasteiger partial charge in [-0.2, -0.15) is 5.10 Å². The summed E-state index contributed by atoms with van der Waals surface area (Å²) in [5, 5.41) is 21.7. The first-order valence-corrected chi connectivity index (χ1v) is 13.7. The Labute approximate surface area is 231 Å². The number of rotatable bonds is 6. The summed E-state index contributed by atoms with van der Waals surface area (Å²) in [6, 6.07) is 17.8. The van der Waals surface area contributed by atoms with Crippen LogP contribution in [0.4, 0.5) is 0 Å². The monoisotopic (exact) mass is 543 g/mol. The lowest BCUT2D eigenvalue weighted by molar-refractivity contribution is 0.0683. The van der Waals surface area contributed by atoms with Crippen molar-refractivity contribution in [3.05, 3.63) is 82.3 Å². The van der Waals surface area contributed by atoms with E-state index in [1.54, 1.807) is 0 Å². The van der Waals surface area contributed by atoms with Gasteiger partial charge in [0.25, 0.3) is 0 Å². The number of nitrogens with one attached hydrogen (secondary N) is 1. The maximum Gasteiger partial charge on any atom is 0.352 e. The van der Waals surface area contributed by atoms with Gasteiger partial charge in [-0.05, 0) is 67.8 Å². The lowest BCUT2D eigenvalue weighted by Gasteiger charge is -2.12. The number of halogens is 1. The molecular formula is C31H30ClN3O4. The van der Waals surface area contributed by atoms with Gasteiger partial charge in [-0.15, -0.1) is 0 Å². The van der Waals surface area contributed by atoms with Crippen molar-refractivity contribution in [2.45, 2.75) is 45.8 Å². The minimum absolute atomic E-state index is 0.361. The number of aromatic nitrogens is 3. The Morgan fingerprint density at radius 3 is 2.90 bits per heavy atom. The van der Waals surface area contributed by atoms with Crippen LogP contribution in [0.5, 0.6) is 5.75 Å². The summed E-state index contributed by atoms with van der Waals surface area (Å²) in [5.74, 6) is -0.110. The molecule has 1 aliphatic rings. The van der Waals surface area contributed by atoms with Gasteiger partial charge >= 0.3 is 5.97 Å². The third-order valence-corrected chi connectivity index (χ3v) is 7.71. The molecule has 0 radical (unpaired) electrons. The van der Waals surface area contributed by atoms with Crippen molar-refractivity contribution in [2.24, 2.45) is 0 Å². The molecular weight excluding hydrogens is 514 g/mol. The summed E-state index contributed by atoms with van der Waals surface area (Å²) < 4.78 is 14.1. The second-order valence-electron chi connectivity index (χ2n) is 9.99. The van der Waals surface area contributed by atoms with Crippen molar-refractivity contribution in [3.8, 4) is 16.9 Å². The molecule has 0 spiro atoms. The molecule has 0 amide bonds. The SMILES string of the molecule is Cc1[nH]nc2c1-c1cccc3c(CCCOc4cccc5cc(Cl)ccc45)c(C(=O)O)n(c13)CCCCOC2. The van der Waals surface area contributed by atoms with E-state index in [9.17, 15) is 9.90 Å². The number of nitrogens with zero attached hydrogens (tertiary/aromatic N) is 2. The maximum atomic E-state index is 12.7. The van der Waals surface area contributed by atoms with Crippen molar-refractivity contribution < 1.29 is 19.4 Å². The van der Waals surface area contributed by atoms with Crippen LogP contribution < -0.4 is 4.74 Å². The number of fused-ring (bicyclic) bond motifs is 3. The fourth-order valence-electron chi connectivity index (χ4n) is 5.77. The van der Waals surface area contributed by atoms with Gasteiger partial charge in [0.15, 0.2) is 0 Å². The zero-order chi connectivity index (χ0) is 26.9. The highest BCUT2D eigenvalue weighted by Gasteiger charge is 2.26. The van der Waals surface area contributed by atoms with Crippen LogP contribution in [0.25, 0.3) is 32.8 Å². The zero-order valence-electron chi connectivity index (χ0n) is 21.8.